The van der Waals surface area contributed by atoms with Crippen molar-refractivity contribution in [2.75, 3.05) is 11.5 Å². The van der Waals surface area contributed by atoms with Gasteiger partial charge in [-0.05, 0) is 73.0 Å². The lowest BCUT2D eigenvalue weighted by atomic mass is 9.68. The highest BCUT2D eigenvalue weighted by molar-refractivity contribution is 6.58. The first-order valence-corrected chi connectivity index (χ1v) is 14.6. The van der Waals surface area contributed by atoms with E-state index >= 15 is 0 Å². The summed E-state index contributed by atoms with van der Waals surface area (Å²) in [6, 6.07) is 10.7. The Morgan fingerprint density at radius 2 is 1.88 bits per heavy atom. The molecule has 0 unspecified atom stereocenters. The van der Waals surface area contributed by atoms with Crippen LogP contribution in [-0.2, 0) is 14.3 Å². The molecular formula is C32H37BFNO6. The van der Waals surface area contributed by atoms with Gasteiger partial charge in [0.15, 0.2) is 11.6 Å². The van der Waals surface area contributed by atoms with Gasteiger partial charge in [-0.2, -0.15) is 0 Å². The summed E-state index contributed by atoms with van der Waals surface area (Å²) in [5.74, 6) is -2.64. The number of carbonyl (C=O) groups excluding carboxylic acids is 2. The van der Waals surface area contributed by atoms with E-state index in [2.05, 4.69) is 13.8 Å². The minimum Gasteiger partial charge on any atom is -0.505 e. The molecule has 0 bridgehead atoms. The lowest BCUT2D eigenvalue weighted by Crippen LogP contribution is -2.35. The van der Waals surface area contributed by atoms with E-state index < -0.39 is 24.8 Å². The van der Waals surface area contributed by atoms with Gasteiger partial charge in [-0.1, -0.05) is 62.1 Å². The zero-order valence-electron chi connectivity index (χ0n) is 23.6. The Hall–Kier alpha value is -3.27. The van der Waals surface area contributed by atoms with Crippen molar-refractivity contribution in [3.8, 4) is 5.75 Å². The van der Waals surface area contributed by atoms with Crippen LogP contribution in [0.15, 0.2) is 59.2 Å². The number of fused-ring (bicyclic) bond motifs is 3. The maximum atomic E-state index is 13.9. The van der Waals surface area contributed by atoms with E-state index in [0.717, 1.165) is 38.5 Å². The van der Waals surface area contributed by atoms with Gasteiger partial charge in [-0.3, -0.25) is 14.5 Å². The number of hydrogen-bond acceptors (Lipinski definition) is 6. The molecule has 2 amide bonds. The fourth-order valence-electron chi connectivity index (χ4n) is 6.85. The minimum atomic E-state index is -1.70. The van der Waals surface area contributed by atoms with Gasteiger partial charge in [-0.15, -0.1) is 0 Å². The molecule has 4 atom stereocenters. The summed E-state index contributed by atoms with van der Waals surface area (Å²) < 4.78 is 20.3. The third-order valence-corrected chi connectivity index (χ3v) is 8.63. The number of nitrogens with zero attached hydrogens (tertiary/aromatic N) is 1. The van der Waals surface area contributed by atoms with Gasteiger partial charge in [0.1, 0.15) is 0 Å². The molecule has 3 aliphatic rings. The zero-order chi connectivity index (χ0) is 29.3. The second-order valence-electron chi connectivity index (χ2n) is 11.4. The van der Waals surface area contributed by atoms with Crippen LogP contribution in [-0.4, -0.2) is 46.8 Å². The monoisotopic (exact) mass is 561 g/mol. The molecule has 5 rings (SSSR count). The van der Waals surface area contributed by atoms with Crippen LogP contribution in [0.2, 0.25) is 0 Å². The Balaban J connectivity index is 1.39. The minimum absolute atomic E-state index is 0.149. The summed E-state index contributed by atoms with van der Waals surface area (Å²) in [5.41, 5.74) is 4.83. The lowest BCUT2D eigenvalue weighted by Gasteiger charge is -2.32. The highest BCUT2D eigenvalue weighted by Crippen LogP contribution is 2.51. The third-order valence-electron chi connectivity index (χ3n) is 8.63. The number of aromatic hydroxyl groups is 1. The van der Waals surface area contributed by atoms with E-state index in [1.165, 1.54) is 39.8 Å². The molecule has 3 N–H and O–H groups in total. The van der Waals surface area contributed by atoms with Crippen molar-refractivity contribution in [2.24, 2.45) is 17.8 Å². The van der Waals surface area contributed by atoms with Crippen LogP contribution in [0.5, 0.6) is 5.75 Å². The number of carbonyl (C=O) groups is 2. The SMILES string of the molecule is CCCC1=C2[C@@H](CC/C(=C/c3ccc(O)c(F)c3)CCC)OC[C@@H]2[C@@H]2C(=O)N(c3cccc(B(O)O)c3)C(=O)[C@@H]2C1. The molecular weight excluding hydrogens is 524 g/mol. The maximum absolute atomic E-state index is 13.9. The first-order chi connectivity index (χ1) is 19.7. The van der Waals surface area contributed by atoms with E-state index in [4.69, 9.17) is 4.74 Å². The first kappa shape index (κ1) is 29.2. The van der Waals surface area contributed by atoms with Crippen LogP contribution in [0, 0.1) is 23.6 Å². The summed E-state index contributed by atoms with van der Waals surface area (Å²) >= 11 is 0. The molecule has 2 saturated heterocycles. The number of rotatable bonds is 10. The largest absolute Gasteiger partial charge is 0.505 e. The highest BCUT2D eigenvalue weighted by Gasteiger charge is 2.57. The number of anilines is 1. The molecule has 2 fully saturated rings. The summed E-state index contributed by atoms with van der Waals surface area (Å²) in [7, 11) is -1.70. The topological polar surface area (TPSA) is 107 Å². The van der Waals surface area contributed by atoms with Gasteiger partial charge >= 0.3 is 7.12 Å². The molecule has 1 aliphatic carbocycles. The molecule has 0 spiro atoms. The van der Waals surface area contributed by atoms with Crippen molar-refractivity contribution in [2.45, 2.75) is 64.9 Å². The van der Waals surface area contributed by atoms with Crippen molar-refractivity contribution in [3.63, 3.8) is 0 Å². The average Bonchev–Trinajstić information content (AvgIpc) is 3.48. The molecule has 7 nitrogen and oxygen atoms in total. The Morgan fingerprint density at radius 3 is 2.59 bits per heavy atom. The van der Waals surface area contributed by atoms with Crippen LogP contribution in [0.4, 0.5) is 10.1 Å². The average molecular weight is 561 g/mol. The molecule has 41 heavy (non-hydrogen) atoms. The highest BCUT2D eigenvalue weighted by atomic mass is 19.1. The number of allylic oxidation sites excluding steroid dienone is 2. The number of imide groups is 1. The quantitative estimate of drug-likeness (QED) is 0.224. The maximum Gasteiger partial charge on any atom is 0.488 e. The number of hydrogen-bond donors (Lipinski definition) is 3. The summed E-state index contributed by atoms with van der Waals surface area (Å²) in [6.45, 7) is 4.59. The van der Waals surface area contributed by atoms with Gasteiger partial charge in [0.2, 0.25) is 11.8 Å². The fraction of sp³-hybridized carbons (Fsp3) is 0.438. The van der Waals surface area contributed by atoms with Crippen molar-refractivity contribution >= 4 is 36.2 Å². The number of phenols is 1. The van der Waals surface area contributed by atoms with Gasteiger partial charge in [0.25, 0.3) is 0 Å². The lowest BCUT2D eigenvalue weighted by molar-refractivity contribution is -0.122. The standard InChI is InChI=1S/C32H37BFNO6/c1-3-6-19(14-20-10-12-27(36)26(34)15-20)11-13-28-29-21(7-4-2)16-24-30(25(29)18-41-28)32(38)35(31(24)37)23-9-5-8-22(17-23)33(39)40/h5,8-10,12,14-15,17,24-25,28,30,36,39-40H,3-4,6-7,11,13,16,18H2,1-2H3/b19-14+/t24-,25+,28-,30-/m1/s1. The number of amides is 2. The Morgan fingerprint density at radius 1 is 1.07 bits per heavy atom. The van der Waals surface area contributed by atoms with Crippen molar-refractivity contribution in [3.05, 3.63) is 70.6 Å². The van der Waals surface area contributed by atoms with Gasteiger partial charge in [0, 0.05) is 5.92 Å². The molecule has 9 heteroatoms. The fourth-order valence-corrected chi connectivity index (χ4v) is 6.85. The third kappa shape index (κ3) is 5.76. The Kier molecular flexibility index (Phi) is 8.78. The molecule has 216 valence electrons. The molecule has 2 heterocycles. The number of ether oxygens (including phenoxy) is 1. The van der Waals surface area contributed by atoms with Gasteiger partial charge in [0.05, 0.1) is 30.2 Å². The van der Waals surface area contributed by atoms with E-state index in [1.54, 1.807) is 24.3 Å². The molecule has 2 aliphatic heterocycles. The van der Waals surface area contributed by atoms with E-state index in [9.17, 15) is 29.1 Å². The smallest absolute Gasteiger partial charge is 0.488 e. The summed E-state index contributed by atoms with van der Waals surface area (Å²) in [6.07, 6.45) is 7.39. The second-order valence-corrected chi connectivity index (χ2v) is 11.4. The van der Waals surface area contributed by atoms with Crippen molar-refractivity contribution in [1.29, 1.82) is 0 Å². The van der Waals surface area contributed by atoms with Crippen LogP contribution < -0.4 is 10.4 Å². The van der Waals surface area contributed by atoms with Gasteiger partial charge in [-0.25, -0.2) is 4.39 Å². The zero-order valence-corrected chi connectivity index (χ0v) is 23.6. The first-order valence-electron chi connectivity index (χ1n) is 14.6. The van der Waals surface area contributed by atoms with Crippen LogP contribution >= 0.6 is 0 Å². The normalized spacial score (nSPS) is 24.2. The second kappa shape index (κ2) is 12.3. The Labute approximate surface area is 240 Å². The molecule has 2 aromatic rings. The van der Waals surface area contributed by atoms with Crippen LogP contribution in [0.3, 0.4) is 0 Å². The molecule has 0 saturated carbocycles. The Bertz CT molecular complexity index is 1390. The number of benzene rings is 2. The van der Waals surface area contributed by atoms with Crippen molar-refractivity contribution < 1.29 is 33.9 Å². The molecule has 2 aromatic carbocycles. The van der Waals surface area contributed by atoms with Gasteiger partial charge < -0.3 is 19.9 Å². The van der Waals surface area contributed by atoms with E-state index in [0.29, 0.717) is 24.3 Å². The predicted octanol–water partition coefficient (Wildman–Crippen LogP) is 4.50. The van der Waals surface area contributed by atoms with E-state index in [1.807, 2.05) is 6.08 Å². The van der Waals surface area contributed by atoms with Crippen LogP contribution in [0.25, 0.3) is 6.08 Å². The molecule has 0 aromatic heterocycles. The number of phenolic OH excluding ortho intramolecular Hbond substituents is 1. The summed E-state index contributed by atoms with van der Waals surface area (Å²) in [4.78, 5) is 28.6. The predicted molar refractivity (Wildman–Crippen MR) is 156 cm³/mol. The van der Waals surface area contributed by atoms with Crippen LogP contribution in [0.1, 0.15) is 64.4 Å². The number of halogens is 1. The molecule has 0 radical (unpaired) electrons. The summed E-state index contributed by atoms with van der Waals surface area (Å²) in [5, 5.41) is 28.8. The van der Waals surface area contributed by atoms with E-state index in [-0.39, 0.29) is 35.0 Å². The van der Waals surface area contributed by atoms with Crippen molar-refractivity contribution in [1.82, 2.24) is 0 Å².